The minimum absolute atomic E-state index is 0.343. The van der Waals surface area contributed by atoms with Crippen LogP contribution in [0.25, 0.3) is 0 Å². The summed E-state index contributed by atoms with van der Waals surface area (Å²) in [5.74, 6) is 0.343. The molecule has 3 heteroatoms. The minimum atomic E-state index is 0.343. The zero-order chi connectivity index (χ0) is 12.0. The van der Waals surface area contributed by atoms with Crippen LogP contribution in [0.3, 0.4) is 0 Å². The summed E-state index contributed by atoms with van der Waals surface area (Å²) in [7, 11) is 3.38. The van der Waals surface area contributed by atoms with E-state index in [9.17, 15) is 9.59 Å². The van der Waals surface area contributed by atoms with E-state index in [-0.39, 0.29) is 0 Å². The summed E-state index contributed by atoms with van der Waals surface area (Å²) in [5.41, 5.74) is 0. The number of Topliss-reactive ketones (excluding diaryl/α,β-unsaturated/α-hetero) is 1. The van der Waals surface area contributed by atoms with Gasteiger partial charge in [-0.1, -0.05) is 27.7 Å². The molecule has 1 radical (unpaired) electrons. The number of hydrogen-bond donors (Lipinski definition) is 0. The van der Waals surface area contributed by atoms with Crippen molar-refractivity contribution in [3.8, 4) is 0 Å². The third kappa shape index (κ3) is 43.4. The average Bonchev–Trinajstić information content (AvgIpc) is 2.18. The SMILES string of the molecule is CCC(=O)CC.CN(C)C=O.C[CH]C. The van der Waals surface area contributed by atoms with Gasteiger partial charge in [-0.15, -0.1) is 0 Å². The Kier molecular flexibility index (Phi) is 24.3. The van der Waals surface area contributed by atoms with Crippen molar-refractivity contribution in [3.05, 3.63) is 6.42 Å². The monoisotopic (exact) mass is 202 g/mol. The average molecular weight is 202 g/mol. The Labute approximate surface area is 88.5 Å². The van der Waals surface area contributed by atoms with E-state index in [1.807, 2.05) is 34.1 Å². The zero-order valence-electron chi connectivity index (χ0n) is 10.3. The Balaban J connectivity index is -0.000000138. The van der Waals surface area contributed by atoms with Crippen LogP contribution >= 0.6 is 0 Å². The van der Waals surface area contributed by atoms with Crippen LogP contribution in [-0.4, -0.2) is 31.2 Å². The van der Waals surface area contributed by atoms with Crippen molar-refractivity contribution < 1.29 is 9.59 Å². The highest BCUT2D eigenvalue weighted by molar-refractivity contribution is 5.77. The highest BCUT2D eigenvalue weighted by Gasteiger charge is 1.86. The third-order valence-corrected chi connectivity index (χ3v) is 0.999. The Morgan fingerprint density at radius 3 is 1.36 bits per heavy atom. The first-order chi connectivity index (χ1) is 6.49. The van der Waals surface area contributed by atoms with E-state index in [0.717, 1.165) is 6.41 Å². The van der Waals surface area contributed by atoms with Gasteiger partial charge in [0.15, 0.2) is 0 Å². The van der Waals surface area contributed by atoms with Gasteiger partial charge in [0.2, 0.25) is 6.41 Å². The molecule has 0 saturated heterocycles. The van der Waals surface area contributed by atoms with Crippen LogP contribution in [0.5, 0.6) is 0 Å². The molecular weight excluding hydrogens is 178 g/mol. The predicted molar refractivity (Wildman–Crippen MR) is 61.0 cm³/mol. The molecule has 0 aliphatic heterocycles. The second-order valence-corrected chi connectivity index (χ2v) is 2.89. The molecule has 0 heterocycles. The standard InChI is InChI=1S/C5H10O.C3H7NO.C3H7/c1-3-5(6)4-2;1-4(2)3-5;1-3-2/h3-4H2,1-2H3;3H,1-2H3;3H,1-2H3. The molecule has 0 aromatic rings. The number of ketones is 1. The normalized spacial score (nSPS) is 7.29. The summed E-state index contributed by atoms with van der Waals surface area (Å²) in [4.78, 5) is 21.1. The van der Waals surface area contributed by atoms with Gasteiger partial charge >= 0.3 is 0 Å². The fourth-order valence-corrected chi connectivity index (χ4v) is 0.250. The Bertz CT molecular complexity index is 116. The van der Waals surface area contributed by atoms with Crippen LogP contribution in [0.4, 0.5) is 0 Å². The summed E-state index contributed by atoms with van der Waals surface area (Å²) in [6, 6.07) is 0. The van der Waals surface area contributed by atoms with Crippen LogP contribution in [0, 0.1) is 6.42 Å². The molecule has 0 saturated carbocycles. The van der Waals surface area contributed by atoms with E-state index in [2.05, 4.69) is 0 Å². The summed E-state index contributed by atoms with van der Waals surface area (Å²) in [6.07, 6.45) is 4.13. The molecule has 3 nitrogen and oxygen atoms in total. The molecule has 0 aliphatic carbocycles. The van der Waals surface area contributed by atoms with Gasteiger partial charge in [0, 0.05) is 26.9 Å². The van der Waals surface area contributed by atoms with Crippen molar-refractivity contribution in [2.45, 2.75) is 40.5 Å². The lowest BCUT2D eigenvalue weighted by atomic mass is 10.3. The molecule has 0 aliphatic rings. The van der Waals surface area contributed by atoms with Gasteiger partial charge in [0.25, 0.3) is 0 Å². The van der Waals surface area contributed by atoms with E-state index >= 15 is 0 Å². The third-order valence-electron chi connectivity index (χ3n) is 0.999. The quantitative estimate of drug-likeness (QED) is 0.659. The van der Waals surface area contributed by atoms with Gasteiger partial charge in [-0.2, -0.15) is 0 Å². The molecule has 14 heavy (non-hydrogen) atoms. The van der Waals surface area contributed by atoms with Crippen molar-refractivity contribution in [2.75, 3.05) is 14.1 Å². The highest BCUT2D eigenvalue weighted by Crippen LogP contribution is 1.83. The zero-order valence-corrected chi connectivity index (χ0v) is 10.3. The lowest BCUT2D eigenvalue weighted by molar-refractivity contribution is -0.118. The van der Waals surface area contributed by atoms with Gasteiger partial charge in [-0.3, -0.25) is 9.59 Å². The molecule has 0 atom stereocenters. The number of carbonyl (C=O) groups excluding carboxylic acids is 2. The van der Waals surface area contributed by atoms with E-state index in [0.29, 0.717) is 18.6 Å². The van der Waals surface area contributed by atoms with Gasteiger partial charge in [-0.25, -0.2) is 0 Å². The molecule has 0 fully saturated rings. The number of hydrogen-bond acceptors (Lipinski definition) is 2. The molecule has 0 bridgehead atoms. The molecule has 0 rings (SSSR count). The molecular formula is C11H24NO2. The number of rotatable bonds is 3. The fraction of sp³-hybridized carbons (Fsp3) is 0.727. The highest BCUT2D eigenvalue weighted by atomic mass is 16.1. The van der Waals surface area contributed by atoms with Gasteiger partial charge in [0.05, 0.1) is 0 Å². The maximum Gasteiger partial charge on any atom is 0.209 e. The van der Waals surface area contributed by atoms with E-state index in [1.165, 1.54) is 4.90 Å². The van der Waals surface area contributed by atoms with Crippen molar-refractivity contribution >= 4 is 12.2 Å². The number of nitrogens with zero attached hydrogens (tertiary/aromatic N) is 1. The minimum Gasteiger partial charge on any atom is -0.351 e. The second kappa shape index (κ2) is 18.0. The lowest BCUT2D eigenvalue weighted by Crippen LogP contribution is -2.06. The van der Waals surface area contributed by atoms with Crippen LogP contribution in [0.15, 0.2) is 0 Å². The maximum atomic E-state index is 10.2. The molecule has 0 N–H and O–H groups in total. The maximum absolute atomic E-state index is 10.2. The van der Waals surface area contributed by atoms with Crippen LogP contribution in [-0.2, 0) is 9.59 Å². The van der Waals surface area contributed by atoms with E-state index < -0.39 is 0 Å². The summed E-state index contributed by atoms with van der Waals surface area (Å²) >= 11 is 0. The first-order valence-electron chi connectivity index (χ1n) is 4.87. The van der Waals surface area contributed by atoms with Crippen LogP contribution in [0.1, 0.15) is 40.5 Å². The van der Waals surface area contributed by atoms with Crippen molar-refractivity contribution in [1.29, 1.82) is 0 Å². The largest absolute Gasteiger partial charge is 0.351 e. The Morgan fingerprint density at radius 2 is 1.36 bits per heavy atom. The second-order valence-electron chi connectivity index (χ2n) is 2.89. The smallest absolute Gasteiger partial charge is 0.209 e. The summed E-state index contributed by atoms with van der Waals surface area (Å²) in [6.45, 7) is 7.76. The lowest BCUT2D eigenvalue weighted by Gasteiger charge is -1.93. The molecule has 0 aromatic heterocycles. The first-order valence-corrected chi connectivity index (χ1v) is 4.87. The topological polar surface area (TPSA) is 37.4 Å². The fourth-order valence-electron chi connectivity index (χ4n) is 0.250. The molecule has 85 valence electrons. The van der Waals surface area contributed by atoms with Crippen molar-refractivity contribution in [3.63, 3.8) is 0 Å². The van der Waals surface area contributed by atoms with Gasteiger partial charge in [-0.05, 0) is 6.42 Å². The van der Waals surface area contributed by atoms with Crippen molar-refractivity contribution in [2.24, 2.45) is 0 Å². The Morgan fingerprint density at radius 1 is 1.14 bits per heavy atom. The molecule has 0 spiro atoms. The van der Waals surface area contributed by atoms with Crippen molar-refractivity contribution in [1.82, 2.24) is 4.90 Å². The molecule has 1 amide bonds. The van der Waals surface area contributed by atoms with Gasteiger partial charge < -0.3 is 4.90 Å². The molecule has 0 unspecified atom stereocenters. The van der Waals surface area contributed by atoms with E-state index in [1.54, 1.807) is 14.1 Å². The van der Waals surface area contributed by atoms with Crippen LogP contribution in [0.2, 0.25) is 0 Å². The van der Waals surface area contributed by atoms with Crippen LogP contribution < -0.4 is 0 Å². The summed E-state index contributed by atoms with van der Waals surface area (Å²) in [5, 5.41) is 0. The van der Waals surface area contributed by atoms with Gasteiger partial charge in [0.1, 0.15) is 5.78 Å². The first kappa shape index (κ1) is 18.8. The van der Waals surface area contributed by atoms with E-state index in [4.69, 9.17) is 0 Å². The molecule has 0 aromatic carbocycles. The summed E-state index contributed by atoms with van der Waals surface area (Å²) < 4.78 is 0. The Hall–Kier alpha value is -0.860. The predicted octanol–water partition coefficient (Wildman–Crippen LogP) is 2.31. The number of amides is 1. The number of carbonyl (C=O) groups is 2.